The summed E-state index contributed by atoms with van der Waals surface area (Å²) in [5.74, 6) is -2.21. The van der Waals surface area contributed by atoms with Gasteiger partial charge >= 0.3 is 5.97 Å². The SMILES string of the molecule is CC(C)C[C@H](NC(=O)[C@H](Cc1ccccc1)NC(=O)c1ccc(/C=C/C(=O)c2ccccc2)cc1)C(=O)O. The van der Waals surface area contributed by atoms with Crippen molar-refractivity contribution in [2.75, 3.05) is 0 Å². The van der Waals surface area contributed by atoms with Crippen LogP contribution in [0.4, 0.5) is 0 Å². The van der Waals surface area contributed by atoms with Gasteiger partial charge in [-0.3, -0.25) is 14.4 Å². The number of carboxylic acids is 1. The van der Waals surface area contributed by atoms with Crippen LogP contribution < -0.4 is 10.6 Å². The Balaban J connectivity index is 1.71. The van der Waals surface area contributed by atoms with Crippen molar-refractivity contribution in [3.8, 4) is 0 Å². The van der Waals surface area contributed by atoms with Crippen molar-refractivity contribution in [3.63, 3.8) is 0 Å². The third kappa shape index (κ3) is 8.55. The van der Waals surface area contributed by atoms with Crippen molar-refractivity contribution in [3.05, 3.63) is 113 Å². The molecule has 0 unspecified atom stereocenters. The van der Waals surface area contributed by atoms with E-state index < -0.39 is 29.9 Å². The number of ketones is 1. The summed E-state index contributed by atoms with van der Waals surface area (Å²) in [4.78, 5) is 50.1. The van der Waals surface area contributed by atoms with Crippen LogP contribution in [0.15, 0.2) is 91.0 Å². The lowest BCUT2D eigenvalue weighted by atomic mass is 10.0. The fourth-order valence-corrected chi connectivity index (χ4v) is 3.88. The number of hydrogen-bond donors (Lipinski definition) is 3. The summed E-state index contributed by atoms with van der Waals surface area (Å²) >= 11 is 0. The molecular weight excluding hydrogens is 480 g/mol. The maximum atomic E-state index is 13.1. The molecule has 2 amide bonds. The normalized spacial score (nSPS) is 12.6. The molecule has 7 nitrogen and oxygen atoms in total. The molecule has 7 heteroatoms. The summed E-state index contributed by atoms with van der Waals surface area (Å²) in [7, 11) is 0. The van der Waals surface area contributed by atoms with Crippen LogP contribution in [-0.4, -0.2) is 40.8 Å². The van der Waals surface area contributed by atoms with E-state index in [-0.39, 0.29) is 24.5 Å². The third-order valence-corrected chi connectivity index (χ3v) is 5.88. The average Bonchev–Trinajstić information content (AvgIpc) is 2.92. The lowest BCUT2D eigenvalue weighted by Gasteiger charge is -2.22. The first-order chi connectivity index (χ1) is 18.2. The van der Waals surface area contributed by atoms with E-state index in [9.17, 15) is 24.3 Å². The van der Waals surface area contributed by atoms with Gasteiger partial charge in [0.2, 0.25) is 5.91 Å². The number of aliphatic carboxylic acids is 1. The summed E-state index contributed by atoms with van der Waals surface area (Å²) in [6.45, 7) is 3.75. The maximum absolute atomic E-state index is 13.1. The minimum Gasteiger partial charge on any atom is -0.480 e. The molecule has 0 aromatic heterocycles. The maximum Gasteiger partial charge on any atom is 0.326 e. The van der Waals surface area contributed by atoms with Crippen molar-refractivity contribution >= 4 is 29.6 Å². The standard InChI is InChI=1S/C31H32N2O5/c1-21(2)19-27(31(37)38)33-30(36)26(20-23-9-5-3-6-10-23)32-29(35)25-16-13-22(14-17-25)15-18-28(34)24-11-7-4-8-12-24/h3-18,21,26-27H,19-20H2,1-2H3,(H,32,35)(H,33,36)(H,37,38)/b18-15+/t26-,27-/m0/s1. The van der Waals surface area contributed by atoms with Crippen molar-refractivity contribution in [1.82, 2.24) is 10.6 Å². The number of rotatable bonds is 12. The Morgan fingerprint density at radius 3 is 1.95 bits per heavy atom. The van der Waals surface area contributed by atoms with Gasteiger partial charge in [-0.15, -0.1) is 0 Å². The molecule has 0 aliphatic heterocycles. The predicted molar refractivity (Wildman–Crippen MR) is 147 cm³/mol. The van der Waals surface area contributed by atoms with Crippen LogP contribution in [0.3, 0.4) is 0 Å². The highest BCUT2D eigenvalue weighted by atomic mass is 16.4. The molecule has 0 aliphatic carbocycles. The minimum atomic E-state index is -1.12. The van der Waals surface area contributed by atoms with Gasteiger partial charge in [-0.2, -0.15) is 0 Å². The first-order valence-corrected chi connectivity index (χ1v) is 12.5. The number of nitrogens with one attached hydrogen (secondary N) is 2. The number of carboxylic acid groups (broad SMARTS) is 1. The van der Waals surface area contributed by atoms with Crippen molar-refractivity contribution in [2.24, 2.45) is 5.92 Å². The van der Waals surface area contributed by atoms with Gasteiger partial charge in [-0.05, 0) is 41.7 Å². The Morgan fingerprint density at radius 2 is 1.37 bits per heavy atom. The van der Waals surface area contributed by atoms with Crippen LogP contribution in [0.25, 0.3) is 6.08 Å². The largest absolute Gasteiger partial charge is 0.480 e. The fourth-order valence-electron chi connectivity index (χ4n) is 3.88. The van der Waals surface area contributed by atoms with E-state index in [1.54, 1.807) is 54.6 Å². The van der Waals surface area contributed by atoms with Crippen molar-refractivity contribution in [1.29, 1.82) is 0 Å². The fraction of sp³-hybridized carbons (Fsp3) is 0.226. The van der Waals surface area contributed by atoms with Gasteiger partial charge in [-0.25, -0.2) is 4.79 Å². The molecule has 0 bridgehead atoms. The summed E-state index contributed by atoms with van der Waals surface area (Å²) in [6, 6.07) is 22.7. The number of amides is 2. The molecule has 0 aliphatic rings. The minimum absolute atomic E-state index is 0.0640. The average molecular weight is 513 g/mol. The summed E-state index contributed by atoms with van der Waals surface area (Å²) in [5.41, 5.74) is 2.48. The number of carbonyl (C=O) groups is 4. The first kappa shape index (κ1) is 28.1. The van der Waals surface area contributed by atoms with Crippen LogP contribution in [0.2, 0.25) is 0 Å². The molecule has 196 valence electrons. The van der Waals surface area contributed by atoms with E-state index in [2.05, 4.69) is 10.6 Å². The Bertz CT molecular complexity index is 1270. The Labute approximate surface area is 222 Å². The second-order valence-electron chi connectivity index (χ2n) is 9.43. The first-order valence-electron chi connectivity index (χ1n) is 12.5. The van der Waals surface area contributed by atoms with Crippen LogP contribution in [-0.2, 0) is 16.0 Å². The lowest BCUT2D eigenvalue weighted by molar-refractivity contribution is -0.142. The molecule has 0 radical (unpaired) electrons. The molecule has 0 saturated heterocycles. The van der Waals surface area contributed by atoms with E-state index in [1.807, 2.05) is 50.2 Å². The third-order valence-electron chi connectivity index (χ3n) is 5.88. The Hall–Kier alpha value is -4.52. The van der Waals surface area contributed by atoms with Crippen molar-refractivity contribution in [2.45, 2.75) is 38.8 Å². The van der Waals surface area contributed by atoms with Gasteiger partial charge in [0.1, 0.15) is 12.1 Å². The van der Waals surface area contributed by atoms with Gasteiger partial charge in [0.15, 0.2) is 5.78 Å². The molecule has 0 fully saturated rings. The smallest absolute Gasteiger partial charge is 0.326 e. The summed E-state index contributed by atoms with van der Waals surface area (Å²) in [6.07, 6.45) is 3.62. The molecule has 0 spiro atoms. The highest BCUT2D eigenvalue weighted by molar-refractivity contribution is 6.06. The predicted octanol–water partition coefficient (Wildman–Crippen LogP) is 4.54. The van der Waals surface area contributed by atoms with E-state index in [1.165, 1.54) is 6.08 Å². The lowest BCUT2D eigenvalue weighted by Crippen LogP contribution is -2.52. The van der Waals surface area contributed by atoms with Gasteiger partial charge in [0.25, 0.3) is 5.91 Å². The zero-order chi connectivity index (χ0) is 27.5. The second kappa shape index (κ2) is 13.7. The number of carbonyl (C=O) groups excluding carboxylic acids is 3. The van der Waals surface area contributed by atoms with Crippen LogP contribution >= 0.6 is 0 Å². The van der Waals surface area contributed by atoms with Gasteiger partial charge < -0.3 is 15.7 Å². The van der Waals surface area contributed by atoms with E-state index in [4.69, 9.17) is 0 Å². The highest BCUT2D eigenvalue weighted by Gasteiger charge is 2.27. The second-order valence-corrected chi connectivity index (χ2v) is 9.43. The zero-order valence-electron chi connectivity index (χ0n) is 21.5. The number of benzene rings is 3. The van der Waals surface area contributed by atoms with E-state index in [0.717, 1.165) is 11.1 Å². The molecular formula is C31H32N2O5. The monoisotopic (exact) mass is 512 g/mol. The van der Waals surface area contributed by atoms with Gasteiger partial charge in [0.05, 0.1) is 0 Å². The Kier molecular flexibility index (Phi) is 10.1. The van der Waals surface area contributed by atoms with Gasteiger partial charge in [0, 0.05) is 17.5 Å². The number of allylic oxidation sites excluding steroid dienone is 1. The van der Waals surface area contributed by atoms with Crippen LogP contribution in [0.5, 0.6) is 0 Å². The molecule has 0 saturated carbocycles. The highest BCUT2D eigenvalue weighted by Crippen LogP contribution is 2.11. The molecule has 2 atom stereocenters. The van der Waals surface area contributed by atoms with E-state index >= 15 is 0 Å². The summed E-state index contributed by atoms with van der Waals surface area (Å²) in [5, 5.41) is 14.9. The van der Waals surface area contributed by atoms with Crippen LogP contribution in [0, 0.1) is 5.92 Å². The zero-order valence-corrected chi connectivity index (χ0v) is 21.5. The molecule has 38 heavy (non-hydrogen) atoms. The summed E-state index contributed by atoms with van der Waals surface area (Å²) < 4.78 is 0. The van der Waals surface area contributed by atoms with Crippen LogP contribution in [0.1, 0.15) is 52.1 Å². The van der Waals surface area contributed by atoms with Gasteiger partial charge in [-0.1, -0.05) is 92.7 Å². The molecule has 3 aromatic rings. The van der Waals surface area contributed by atoms with E-state index in [0.29, 0.717) is 11.1 Å². The number of hydrogen-bond acceptors (Lipinski definition) is 4. The molecule has 0 heterocycles. The topological polar surface area (TPSA) is 113 Å². The Morgan fingerprint density at radius 1 is 0.763 bits per heavy atom. The quantitative estimate of drug-likeness (QED) is 0.244. The molecule has 3 rings (SSSR count). The van der Waals surface area contributed by atoms with Crippen molar-refractivity contribution < 1.29 is 24.3 Å². The molecule has 3 N–H and O–H groups in total. The molecule has 3 aromatic carbocycles.